The van der Waals surface area contributed by atoms with Crippen LogP contribution in [0.5, 0.6) is 5.75 Å². The Kier molecular flexibility index (Phi) is 4.80. The zero-order chi connectivity index (χ0) is 15.4. The molecule has 2 rings (SSSR count). The molecule has 114 valence electrons. The van der Waals surface area contributed by atoms with E-state index in [1.54, 1.807) is 18.1 Å². The molecule has 0 radical (unpaired) electrons. The second kappa shape index (κ2) is 6.58. The maximum atomic E-state index is 12.6. The van der Waals surface area contributed by atoms with Crippen LogP contribution in [-0.2, 0) is 4.79 Å². The zero-order valence-corrected chi connectivity index (χ0v) is 12.3. The third-order valence-electron chi connectivity index (χ3n) is 3.60. The van der Waals surface area contributed by atoms with Gasteiger partial charge in [0, 0.05) is 26.2 Å². The molecular weight excluding hydrogens is 272 g/mol. The smallest absolute Gasteiger partial charge is 0.317 e. The maximum absolute atomic E-state index is 12.6. The van der Waals surface area contributed by atoms with Gasteiger partial charge < -0.3 is 14.7 Å². The number of nitrogens with zero attached hydrogens (tertiary/aromatic N) is 2. The molecule has 6 heteroatoms. The number of ether oxygens (including phenoxy) is 1. The summed E-state index contributed by atoms with van der Waals surface area (Å²) in [6, 6.07) is 5.52. The minimum Gasteiger partial charge on any atom is -0.496 e. The van der Waals surface area contributed by atoms with Crippen molar-refractivity contribution in [1.82, 2.24) is 9.80 Å². The van der Waals surface area contributed by atoms with Gasteiger partial charge in [-0.15, -0.1) is 0 Å². The quantitative estimate of drug-likeness (QED) is 0.891. The van der Waals surface area contributed by atoms with Crippen molar-refractivity contribution in [3.05, 3.63) is 29.3 Å². The summed E-state index contributed by atoms with van der Waals surface area (Å²) in [6.45, 7) is 4.17. The summed E-state index contributed by atoms with van der Waals surface area (Å²) in [7, 11) is 1.55. The molecule has 0 saturated carbocycles. The van der Waals surface area contributed by atoms with Crippen molar-refractivity contribution in [1.29, 1.82) is 0 Å². The Balaban J connectivity index is 2.05. The van der Waals surface area contributed by atoms with E-state index in [-0.39, 0.29) is 12.5 Å². The summed E-state index contributed by atoms with van der Waals surface area (Å²) in [5, 5.41) is 8.78. The van der Waals surface area contributed by atoms with Crippen molar-refractivity contribution in [2.75, 3.05) is 39.8 Å². The van der Waals surface area contributed by atoms with Crippen LogP contribution in [0.4, 0.5) is 0 Å². The molecule has 0 aliphatic carbocycles. The van der Waals surface area contributed by atoms with E-state index in [1.165, 1.54) is 0 Å². The van der Waals surface area contributed by atoms with Gasteiger partial charge in [-0.3, -0.25) is 14.5 Å². The van der Waals surface area contributed by atoms with Crippen molar-refractivity contribution in [3.8, 4) is 5.75 Å². The number of aryl methyl sites for hydroxylation is 1. The number of rotatable bonds is 4. The van der Waals surface area contributed by atoms with Gasteiger partial charge in [-0.2, -0.15) is 0 Å². The van der Waals surface area contributed by atoms with E-state index in [0.717, 1.165) is 5.56 Å². The highest BCUT2D eigenvalue weighted by Crippen LogP contribution is 2.22. The summed E-state index contributed by atoms with van der Waals surface area (Å²) in [5.41, 5.74) is 1.56. The number of piperazine rings is 1. The van der Waals surface area contributed by atoms with Crippen LogP contribution >= 0.6 is 0 Å². The van der Waals surface area contributed by atoms with Gasteiger partial charge in [0.25, 0.3) is 5.91 Å². The molecule has 1 aliphatic heterocycles. The predicted molar refractivity (Wildman–Crippen MR) is 77.7 cm³/mol. The van der Waals surface area contributed by atoms with Crippen molar-refractivity contribution in [3.63, 3.8) is 0 Å². The Morgan fingerprint density at radius 3 is 2.48 bits per heavy atom. The number of amides is 1. The SMILES string of the molecule is COc1ccc(C)cc1C(=O)N1CCN(CC(=O)O)CC1. The number of hydrogen-bond acceptors (Lipinski definition) is 4. The van der Waals surface area contributed by atoms with Crippen molar-refractivity contribution in [2.45, 2.75) is 6.92 Å². The van der Waals surface area contributed by atoms with Crippen LogP contribution < -0.4 is 4.74 Å². The Labute approximate surface area is 123 Å². The fourth-order valence-electron chi connectivity index (χ4n) is 2.46. The van der Waals surface area contributed by atoms with E-state index in [9.17, 15) is 9.59 Å². The highest BCUT2D eigenvalue weighted by molar-refractivity contribution is 5.97. The zero-order valence-electron chi connectivity index (χ0n) is 12.3. The lowest BCUT2D eigenvalue weighted by atomic mass is 10.1. The summed E-state index contributed by atoms with van der Waals surface area (Å²) in [5.74, 6) is -0.334. The van der Waals surface area contributed by atoms with Crippen LogP contribution in [-0.4, -0.2) is 66.6 Å². The van der Waals surface area contributed by atoms with E-state index >= 15 is 0 Å². The molecule has 1 heterocycles. The van der Waals surface area contributed by atoms with Crippen molar-refractivity contribution < 1.29 is 19.4 Å². The molecule has 1 saturated heterocycles. The molecule has 1 aliphatic rings. The van der Waals surface area contributed by atoms with Gasteiger partial charge in [0.1, 0.15) is 5.75 Å². The topological polar surface area (TPSA) is 70.1 Å². The number of carbonyl (C=O) groups excluding carboxylic acids is 1. The summed E-state index contributed by atoms with van der Waals surface area (Å²) < 4.78 is 5.25. The molecule has 21 heavy (non-hydrogen) atoms. The first kappa shape index (κ1) is 15.3. The Bertz CT molecular complexity index is 536. The van der Waals surface area contributed by atoms with Gasteiger partial charge in [0.15, 0.2) is 0 Å². The Hall–Kier alpha value is -2.08. The van der Waals surface area contributed by atoms with Gasteiger partial charge in [-0.05, 0) is 19.1 Å². The molecule has 0 bridgehead atoms. The van der Waals surface area contributed by atoms with Crippen LogP contribution in [0.1, 0.15) is 15.9 Å². The standard InChI is InChI=1S/C15H20N2O4/c1-11-3-4-13(21-2)12(9-11)15(20)17-7-5-16(6-8-17)10-14(18)19/h3-4,9H,5-8,10H2,1-2H3,(H,18,19). The highest BCUT2D eigenvalue weighted by Gasteiger charge is 2.25. The fraction of sp³-hybridized carbons (Fsp3) is 0.467. The van der Waals surface area contributed by atoms with Gasteiger partial charge in [0.05, 0.1) is 19.2 Å². The van der Waals surface area contributed by atoms with Crippen LogP contribution in [0.2, 0.25) is 0 Å². The first-order valence-electron chi connectivity index (χ1n) is 6.89. The van der Waals surface area contributed by atoms with Crippen LogP contribution in [0.3, 0.4) is 0 Å². The Morgan fingerprint density at radius 1 is 1.24 bits per heavy atom. The molecular formula is C15H20N2O4. The second-order valence-electron chi connectivity index (χ2n) is 5.17. The number of carboxylic acid groups (broad SMARTS) is 1. The number of carbonyl (C=O) groups is 2. The average molecular weight is 292 g/mol. The van der Waals surface area contributed by atoms with Gasteiger partial charge in [0.2, 0.25) is 0 Å². The molecule has 1 amide bonds. The Morgan fingerprint density at radius 2 is 1.90 bits per heavy atom. The van der Waals surface area contributed by atoms with Crippen molar-refractivity contribution in [2.24, 2.45) is 0 Å². The lowest BCUT2D eigenvalue weighted by Crippen LogP contribution is -2.49. The molecule has 1 aromatic carbocycles. The monoisotopic (exact) mass is 292 g/mol. The molecule has 0 unspecified atom stereocenters. The second-order valence-corrected chi connectivity index (χ2v) is 5.17. The fourth-order valence-corrected chi connectivity index (χ4v) is 2.46. The number of hydrogen-bond donors (Lipinski definition) is 1. The molecule has 6 nitrogen and oxygen atoms in total. The van der Waals surface area contributed by atoms with Gasteiger partial charge in [-0.1, -0.05) is 11.6 Å². The molecule has 0 atom stereocenters. The summed E-state index contributed by atoms with van der Waals surface area (Å²) >= 11 is 0. The molecule has 0 spiro atoms. The number of methoxy groups -OCH3 is 1. The van der Waals surface area contributed by atoms with E-state index < -0.39 is 5.97 Å². The third-order valence-corrected chi connectivity index (χ3v) is 3.60. The largest absolute Gasteiger partial charge is 0.496 e. The lowest BCUT2D eigenvalue weighted by Gasteiger charge is -2.34. The first-order valence-corrected chi connectivity index (χ1v) is 6.89. The van der Waals surface area contributed by atoms with Crippen molar-refractivity contribution >= 4 is 11.9 Å². The molecule has 1 aromatic rings. The van der Waals surface area contributed by atoms with Gasteiger partial charge >= 0.3 is 5.97 Å². The van der Waals surface area contributed by atoms with Gasteiger partial charge in [-0.25, -0.2) is 0 Å². The minimum atomic E-state index is -0.838. The van der Waals surface area contributed by atoms with E-state index in [2.05, 4.69) is 0 Å². The lowest BCUT2D eigenvalue weighted by molar-refractivity contribution is -0.138. The number of benzene rings is 1. The molecule has 1 fully saturated rings. The minimum absolute atomic E-state index is 0.0236. The highest BCUT2D eigenvalue weighted by atomic mass is 16.5. The van der Waals surface area contributed by atoms with E-state index in [4.69, 9.17) is 9.84 Å². The van der Waals surface area contributed by atoms with Crippen LogP contribution in [0, 0.1) is 6.92 Å². The molecule has 1 N–H and O–H groups in total. The summed E-state index contributed by atoms with van der Waals surface area (Å²) in [6.07, 6.45) is 0. The van der Waals surface area contributed by atoms with Crippen LogP contribution in [0.15, 0.2) is 18.2 Å². The third kappa shape index (κ3) is 3.72. The first-order chi connectivity index (χ1) is 10.0. The predicted octanol–water partition coefficient (Wildman–Crippen LogP) is 0.846. The molecule has 0 aromatic heterocycles. The maximum Gasteiger partial charge on any atom is 0.317 e. The van der Waals surface area contributed by atoms with E-state index in [1.807, 2.05) is 24.0 Å². The van der Waals surface area contributed by atoms with Crippen LogP contribution in [0.25, 0.3) is 0 Å². The number of carboxylic acids is 1. The average Bonchev–Trinajstić information content (AvgIpc) is 2.46. The number of aliphatic carboxylic acids is 1. The summed E-state index contributed by atoms with van der Waals surface area (Å²) in [4.78, 5) is 26.8. The normalized spacial score (nSPS) is 15.8. The van der Waals surface area contributed by atoms with E-state index in [0.29, 0.717) is 37.5 Å².